The van der Waals surface area contributed by atoms with Gasteiger partial charge in [-0.1, -0.05) is 6.42 Å². The topological polar surface area (TPSA) is 66.6 Å². The molecule has 2 saturated heterocycles. The first-order chi connectivity index (χ1) is 8.61. The summed E-state index contributed by atoms with van der Waals surface area (Å²) in [6.07, 6.45) is 3.36. The van der Waals surface area contributed by atoms with Gasteiger partial charge in [-0.15, -0.1) is 0 Å². The fraction of sp³-hybridized carbons (Fsp3) is 0.538. The highest BCUT2D eigenvalue weighted by molar-refractivity contribution is 5.38. The number of fused-ring (bicyclic) bond motifs is 1. The minimum atomic E-state index is -0.810. The monoisotopic (exact) mass is 248 g/mol. The highest BCUT2D eigenvalue weighted by Crippen LogP contribution is 2.43. The van der Waals surface area contributed by atoms with Crippen molar-refractivity contribution in [3.63, 3.8) is 0 Å². The Morgan fingerprint density at radius 2 is 2.06 bits per heavy atom. The van der Waals surface area contributed by atoms with E-state index in [-0.39, 0.29) is 11.7 Å². The van der Waals surface area contributed by atoms with Crippen LogP contribution in [0, 0.1) is 10.1 Å². The second-order valence-corrected chi connectivity index (χ2v) is 5.21. The molecule has 5 nitrogen and oxygen atoms in total. The zero-order valence-corrected chi connectivity index (χ0v) is 10.1. The second-order valence-electron chi connectivity index (χ2n) is 5.21. The molecular weight excluding hydrogens is 232 g/mol. The lowest BCUT2D eigenvalue weighted by Gasteiger charge is -2.57. The lowest BCUT2D eigenvalue weighted by molar-refractivity contribution is -0.384. The Morgan fingerprint density at radius 3 is 2.67 bits per heavy atom. The van der Waals surface area contributed by atoms with Crippen molar-refractivity contribution < 1.29 is 10.0 Å². The molecule has 0 saturated carbocycles. The highest BCUT2D eigenvalue weighted by Gasteiger charge is 2.52. The summed E-state index contributed by atoms with van der Waals surface area (Å²) < 4.78 is 0. The van der Waals surface area contributed by atoms with Crippen LogP contribution >= 0.6 is 0 Å². The minimum absolute atomic E-state index is 0.0715. The average Bonchev–Trinajstić information content (AvgIpc) is 2.37. The van der Waals surface area contributed by atoms with Crippen LogP contribution in [0.5, 0.6) is 0 Å². The van der Waals surface area contributed by atoms with Gasteiger partial charge in [0.1, 0.15) is 5.60 Å². The fourth-order valence-corrected chi connectivity index (χ4v) is 3.18. The van der Waals surface area contributed by atoms with Crippen LogP contribution < -0.4 is 0 Å². The van der Waals surface area contributed by atoms with Crippen molar-refractivity contribution in [1.29, 1.82) is 0 Å². The average molecular weight is 248 g/mol. The molecule has 1 N–H and O–H groups in total. The van der Waals surface area contributed by atoms with Crippen LogP contribution in [0.4, 0.5) is 5.69 Å². The molecular formula is C13H16N2O3. The van der Waals surface area contributed by atoms with Crippen LogP contribution in [0.1, 0.15) is 24.8 Å². The van der Waals surface area contributed by atoms with Crippen molar-refractivity contribution >= 4 is 5.69 Å². The molecule has 0 aliphatic carbocycles. The zero-order valence-electron chi connectivity index (χ0n) is 10.1. The van der Waals surface area contributed by atoms with Gasteiger partial charge in [-0.05, 0) is 37.1 Å². The van der Waals surface area contributed by atoms with Crippen molar-refractivity contribution in [1.82, 2.24) is 4.90 Å². The van der Waals surface area contributed by atoms with E-state index in [4.69, 9.17) is 0 Å². The molecule has 2 fully saturated rings. The molecule has 96 valence electrons. The van der Waals surface area contributed by atoms with Gasteiger partial charge in [0.05, 0.1) is 4.92 Å². The zero-order chi connectivity index (χ0) is 12.8. The lowest BCUT2D eigenvalue weighted by atomic mass is 9.73. The van der Waals surface area contributed by atoms with E-state index in [1.165, 1.54) is 18.6 Å². The summed E-state index contributed by atoms with van der Waals surface area (Å²) in [5, 5.41) is 21.3. The maximum absolute atomic E-state index is 10.7. The predicted octanol–water partition coefficient (Wildman–Crippen LogP) is 1.65. The third-order valence-electron chi connectivity index (χ3n) is 4.19. The van der Waals surface area contributed by atoms with Crippen LogP contribution in [-0.2, 0) is 5.60 Å². The molecule has 2 aliphatic heterocycles. The highest BCUT2D eigenvalue weighted by atomic mass is 16.6. The van der Waals surface area contributed by atoms with Crippen LogP contribution in [0.15, 0.2) is 24.3 Å². The Morgan fingerprint density at radius 1 is 1.33 bits per heavy atom. The number of rotatable bonds is 2. The molecule has 5 heteroatoms. The first-order valence-electron chi connectivity index (χ1n) is 6.32. The summed E-state index contributed by atoms with van der Waals surface area (Å²) in [6.45, 7) is 1.70. The summed E-state index contributed by atoms with van der Waals surface area (Å²) in [6, 6.07) is 6.50. The molecule has 1 aromatic carbocycles. The summed E-state index contributed by atoms with van der Waals surface area (Å²) >= 11 is 0. The van der Waals surface area contributed by atoms with E-state index in [1.54, 1.807) is 12.1 Å². The predicted molar refractivity (Wildman–Crippen MR) is 66.2 cm³/mol. The van der Waals surface area contributed by atoms with Gasteiger partial charge in [-0.3, -0.25) is 15.0 Å². The quantitative estimate of drug-likeness (QED) is 0.638. The summed E-state index contributed by atoms with van der Waals surface area (Å²) in [4.78, 5) is 12.5. The van der Waals surface area contributed by atoms with E-state index in [1.807, 2.05) is 0 Å². The number of piperidine rings is 1. The largest absolute Gasteiger partial charge is 0.382 e. The van der Waals surface area contributed by atoms with Crippen LogP contribution in [0.25, 0.3) is 0 Å². The van der Waals surface area contributed by atoms with Gasteiger partial charge >= 0.3 is 0 Å². The molecule has 0 radical (unpaired) electrons. The number of benzene rings is 1. The maximum Gasteiger partial charge on any atom is 0.269 e. The molecule has 0 bridgehead atoms. The number of non-ortho nitro benzene ring substituents is 1. The maximum atomic E-state index is 10.7. The Balaban J connectivity index is 1.84. The minimum Gasteiger partial charge on any atom is -0.382 e. The third kappa shape index (κ3) is 1.62. The summed E-state index contributed by atoms with van der Waals surface area (Å²) in [5.74, 6) is 0. The molecule has 2 heterocycles. The molecule has 2 aliphatic rings. The first-order valence-corrected chi connectivity index (χ1v) is 6.32. The fourth-order valence-electron chi connectivity index (χ4n) is 3.18. The van der Waals surface area contributed by atoms with Gasteiger partial charge in [-0.25, -0.2) is 0 Å². The third-order valence-corrected chi connectivity index (χ3v) is 4.19. The van der Waals surface area contributed by atoms with E-state index in [0.29, 0.717) is 6.54 Å². The van der Waals surface area contributed by atoms with Gasteiger partial charge in [0, 0.05) is 24.7 Å². The van der Waals surface area contributed by atoms with Crippen molar-refractivity contribution in [2.24, 2.45) is 0 Å². The first kappa shape index (κ1) is 11.6. The van der Waals surface area contributed by atoms with Crippen LogP contribution in [0.3, 0.4) is 0 Å². The SMILES string of the molecule is O=[N+]([O-])c1ccc(C2(O)CN3CCCCC32)cc1. The van der Waals surface area contributed by atoms with Crippen LogP contribution in [-0.4, -0.2) is 34.1 Å². The Hall–Kier alpha value is -1.46. The molecule has 2 atom stereocenters. The normalized spacial score (nSPS) is 31.5. The number of nitro groups is 1. The standard InChI is InChI=1S/C13H16N2O3/c16-13(9-14-8-2-1-3-12(13)14)10-4-6-11(7-5-10)15(17)18/h4-7,12,16H,1-3,8-9H2. The van der Waals surface area contributed by atoms with Crippen molar-refractivity contribution in [3.8, 4) is 0 Å². The Labute approximate surface area is 105 Å². The summed E-state index contributed by atoms with van der Waals surface area (Å²) in [5.41, 5.74) is 0.0636. The number of nitrogens with zero attached hydrogens (tertiary/aromatic N) is 2. The molecule has 0 spiro atoms. The molecule has 0 aromatic heterocycles. The van der Waals surface area contributed by atoms with Gasteiger partial charge in [-0.2, -0.15) is 0 Å². The number of nitro benzene ring substituents is 1. The Bertz CT molecular complexity index is 474. The number of hydrogen-bond acceptors (Lipinski definition) is 4. The van der Waals surface area contributed by atoms with E-state index in [2.05, 4.69) is 4.90 Å². The van der Waals surface area contributed by atoms with Gasteiger partial charge in [0.15, 0.2) is 0 Å². The number of aliphatic hydroxyl groups is 1. The molecule has 1 aromatic rings. The molecule has 3 rings (SSSR count). The van der Waals surface area contributed by atoms with E-state index < -0.39 is 10.5 Å². The Kier molecular flexibility index (Phi) is 2.60. The van der Waals surface area contributed by atoms with Crippen molar-refractivity contribution in [2.45, 2.75) is 30.9 Å². The van der Waals surface area contributed by atoms with Gasteiger partial charge in [0.25, 0.3) is 5.69 Å². The molecule has 0 amide bonds. The van der Waals surface area contributed by atoms with Crippen molar-refractivity contribution in [3.05, 3.63) is 39.9 Å². The number of hydrogen-bond donors (Lipinski definition) is 1. The van der Waals surface area contributed by atoms with Gasteiger partial charge < -0.3 is 5.11 Å². The van der Waals surface area contributed by atoms with Gasteiger partial charge in [0.2, 0.25) is 0 Å². The smallest absolute Gasteiger partial charge is 0.269 e. The molecule has 18 heavy (non-hydrogen) atoms. The van der Waals surface area contributed by atoms with Crippen LogP contribution in [0.2, 0.25) is 0 Å². The summed E-state index contributed by atoms with van der Waals surface area (Å²) in [7, 11) is 0. The van der Waals surface area contributed by atoms with E-state index in [9.17, 15) is 15.2 Å². The second kappa shape index (κ2) is 4.03. The molecule has 2 unspecified atom stereocenters. The van der Waals surface area contributed by atoms with E-state index in [0.717, 1.165) is 24.9 Å². The van der Waals surface area contributed by atoms with E-state index >= 15 is 0 Å². The lowest BCUT2D eigenvalue weighted by Crippen LogP contribution is -2.68. The van der Waals surface area contributed by atoms with Crippen molar-refractivity contribution in [2.75, 3.05) is 13.1 Å².